The van der Waals surface area contributed by atoms with E-state index in [9.17, 15) is 0 Å². The Bertz CT molecular complexity index is 2100. The minimum Gasteiger partial charge on any atom is -0.333 e. The molecule has 2 aromatic heterocycles. The Morgan fingerprint density at radius 1 is 0.659 bits per heavy atom. The zero-order valence-electron chi connectivity index (χ0n) is 22.5. The summed E-state index contributed by atoms with van der Waals surface area (Å²) in [6, 6.07) is 44.9. The van der Waals surface area contributed by atoms with E-state index in [1.54, 1.807) is 0 Å². The van der Waals surface area contributed by atoms with Crippen molar-refractivity contribution in [3.8, 4) is 5.69 Å². The second-order valence-electron chi connectivity index (χ2n) is 10.3. The smallest absolute Gasteiger partial charge is 0.159 e. The molecule has 0 radical (unpaired) electrons. The normalized spacial score (nSPS) is 15.4. The van der Waals surface area contributed by atoms with Gasteiger partial charge in [0.15, 0.2) is 5.84 Å². The first-order valence-corrected chi connectivity index (χ1v) is 14.6. The number of thiophene rings is 1. The van der Waals surface area contributed by atoms with Crippen molar-refractivity contribution in [2.24, 2.45) is 9.98 Å². The van der Waals surface area contributed by atoms with Crippen LogP contribution >= 0.6 is 11.3 Å². The van der Waals surface area contributed by atoms with Crippen LogP contribution in [-0.2, 0) is 0 Å². The van der Waals surface area contributed by atoms with Crippen molar-refractivity contribution < 1.29 is 0 Å². The number of benzene rings is 5. The van der Waals surface area contributed by atoms with Gasteiger partial charge >= 0.3 is 0 Å². The second kappa shape index (κ2) is 9.58. The quantitative estimate of drug-likeness (QED) is 0.217. The topological polar surface area (TPSA) is 32.9 Å². The average molecular weight is 547 g/mol. The predicted molar refractivity (Wildman–Crippen MR) is 173 cm³/mol. The Morgan fingerprint density at radius 3 is 2.20 bits per heavy atom. The molecule has 1 aliphatic rings. The Balaban J connectivity index is 1.26. The van der Waals surface area contributed by atoms with Crippen molar-refractivity contribution in [3.63, 3.8) is 0 Å². The van der Waals surface area contributed by atoms with Crippen LogP contribution in [-0.4, -0.2) is 28.2 Å². The zero-order chi connectivity index (χ0) is 27.3. The van der Waals surface area contributed by atoms with Crippen LogP contribution in [0.1, 0.15) is 22.9 Å². The van der Waals surface area contributed by atoms with Crippen molar-refractivity contribution in [1.29, 1.82) is 0 Å². The second-order valence-corrected chi connectivity index (χ2v) is 11.3. The summed E-state index contributed by atoms with van der Waals surface area (Å²) in [4.78, 5) is 12.3. The van der Waals surface area contributed by atoms with E-state index in [-0.39, 0.29) is 6.17 Å². The molecule has 7 aromatic rings. The number of rotatable bonds is 4. The van der Waals surface area contributed by atoms with Crippen LogP contribution in [0.2, 0.25) is 0 Å². The van der Waals surface area contributed by atoms with Crippen LogP contribution < -0.4 is 0 Å². The van der Waals surface area contributed by atoms with E-state index in [1.807, 2.05) is 35.6 Å². The third-order valence-corrected chi connectivity index (χ3v) is 8.87. The van der Waals surface area contributed by atoms with Crippen LogP contribution in [0.15, 0.2) is 143 Å². The predicted octanol–water partition coefficient (Wildman–Crippen LogP) is 8.84. The van der Waals surface area contributed by atoms with Gasteiger partial charge in [-0.1, -0.05) is 84.9 Å². The lowest BCUT2D eigenvalue weighted by Crippen LogP contribution is -2.35. The number of aromatic nitrogens is 1. The number of hydrogen-bond donors (Lipinski definition) is 0. The third-order valence-electron chi connectivity index (χ3n) is 7.93. The molecule has 0 saturated carbocycles. The van der Waals surface area contributed by atoms with Gasteiger partial charge in [-0.25, -0.2) is 9.98 Å². The van der Waals surface area contributed by atoms with Crippen molar-refractivity contribution in [2.75, 3.05) is 7.05 Å². The maximum atomic E-state index is 5.09. The number of nitrogens with zero attached hydrogens (tertiary/aromatic N) is 4. The van der Waals surface area contributed by atoms with Crippen LogP contribution in [0.4, 0.5) is 0 Å². The van der Waals surface area contributed by atoms with Gasteiger partial charge < -0.3 is 9.47 Å². The van der Waals surface area contributed by atoms with E-state index < -0.39 is 0 Å². The molecule has 3 heterocycles. The number of fused-ring (bicyclic) bond motifs is 5. The largest absolute Gasteiger partial charge is 0.333 e. The SMILES string of the molecule is CN1C(c2ccc(-n3c4ccccc4c4c5sccc5ccc43)cc2)=NC(c2ccccc2)=NC1c1ccccc1. The van der Waals surface area contributed by atoms with Crippen molar-refractivity contribution in [2.45, 2.75) is 6.17 Å². The third kappa shape index (κ3) is 3.89. The van der Waals surface area contributed by atoms with Crippen molar-refractivity contribution in [3.05, 3.63) is 149 Å². The molecule has 0 spiro atoms. The van der Waals surface area contributed by atoms with E-state index >= 15 is 0 Å². The minimum atomic E-state index is -0.163. The summed E-state index contributed by atoms with van der Waals surface area (Å²) < 4.78 is 3.72. The maximum absolute atomic E-state index is 5.09. The Morgan fingerprint density at radius 2 is 1.39 bits per heavy atom. The molecule has 0 fully saturated rings. The molecule has 4 nitrogen and oxygen atoms in total. The molecule has 0 saturated heterocycles. The van der Waals surface area contributed by atoms with Gasteiger partial charge in [0.25, 0.3) is 0 Å². The highest BCUT2D eigenvalue weighted by atomic mass is 32.1. The van der Waals surface area contributed by atoms with Crippen LogP contribution in [0, 0.1) is 0 Å². The molecule has 0 N–H and O–H groups in total. The van der Waals surface area contributed by atoms with Gasteiger partial charge in [-0.05, 0) is 58.8 Å². The van der Waals surface area contributed by atoms with Crippen LogP contribution in [0.25, 0.3) is 37.6 Å². The summed E-state index contributed by atoms with van der Waals surface area (Å²) in [7, 11) is 2.08. The lowest BCUT2D eigenvalue weighted by Gasteiger charge is -2.32. The first-order chi connectivity index (χ1) is 20.3. The molecule has 8 rings (SSSR count). The van der Waals surface area contributed by atoms with Gasteiger partial charge in [0.1, 0.15) is 12.0 Å². The van der Waals surface area contributed by atoms with Crippen molar-refractivity contribution in [1.82, 2.24) is 9.47 Å². The zero-order valence-corrected chi connectivity index (χ0v) is 23.3. The summed E-state index contributed by atoms with van der Waals surface area (Å²) in [5.41, 5.74) is 6.78. The lowest BCUT2D eigenvalue weighted by molar-refractivity contribution is 0.383. The number of hydrogen-bond acceptors (Lipinski definition) is 4. The first-order valence-electron chi connectivity index (χ1n) is 13.8. The summed E-state index contributed by atoms with van der Waals surface area (Å²) >= 11 is 1.81. The maximum Gasteiger partial charge on any atom is 0.159 e. The molecular formula is C36H26N4S. The fraction of sp³-hybridized carbons (Fsp3) is 0.0556. The molecule has 5 aromatic carbocycles. The summed E-state index contributed by atoms with van der Waals surface area (Å²) in [6.07, 6.45) is -0.163. The molecule has 196 valence electrons. The van der Waals surface area contributed by atoms with Crippen LogP contribution in [0.5, 0.6) is 0 Å². The van der Waals surface area contributed by atoms with E-state index in [0.717, 1.165) is 34.0 Å². The Labute approximate surface area is 242 Å². The molecule has 1 aliphatic heterocycles. The molecule has 0 bridgehead atoms. The summed E-state index contributed by atoms with van der Waals surface area (Å²) in [6.45, 7) is 0. The standard InChI is InChI=1S/C36H26N4S/c1-39-35(26-12-6-3-7-13-26)37-34(25-10-4-2-5-11-25)38-36(39)27-16-19-28(20-17-27)40-30-15-9-8-14-29(30)32-31(40)21-18-24-22-23-41-33(24)32/h2-23,35H,1H3. The van der Waals surface area contributed by atoms with E-state index in [4.69, 9.17) is 9.98 Å². The minimum absolute atomic E-state index is 0.163. The highest BCUT2D eigenvalue weighted by Crippen LogP contribution is 2.39. The number of amidine groups is 2. The van der Waals surface area contributed by atoms with Crippen molar-refractivity contribution >= 4 is 54.9 Å². The molecular weight excluding hydrogens is 520 g/mol. The molecule has 1 atom stereocenters. The number of para-hydroxylation sites is 1. The monoisotopic (exact) mass is 546 g/mol. The van der Waals surface area contributed by atoms with Gasteiger partial charge in [-0.3, -0.25) is 0 Å². The molecule has 1 unspecified atom stereocenters. The lowest BCUT2D eigenvalue weighted by atomic mass is 10.1. The van der Waals surface area contributed by atoms with E-state index in [1.165, 1.54) is 31.9 Å². The number of aliphatic imine (C=N–C) groups is 2. The highest BCUT2D eigenvalue weighted by molar-refractivity contribution is 7.18. The van der Waals surface area contributed by atoms with E-state index in [2.05, 4.69) is 125 Å². The molecule has 0 amide bonds. The Kier molecular flexibility index (Phi) is 5.57. The van der Waals surface area contributed by atoms with Gasteiger partial charge in [0.2, 0.25) is 0 Å². The van der Waals surface area contributed by atoms with Gasteiger partial charge in [-0.15, -0.1) is 11.3 Å². The Hall–Kier alpha value is -5.00. The van der Waals surface area contributed by atoms with Crippen LogP contribution in [0.3, 0.4) is 0 Å². The molecule has 0 aliphatic carbocycles. The summed E-state index contributed by atoms with van der Waals surface area (Å²) in [5, 5.41) is 6.08. The fourth-order valence-corrected chi connectivity index (χ4v) is 6.92. The fourth-order valence-electron chi connectivity index (χ4n) is 5.96. The molecule has 5 heteroatoms. The molecule has 41 heavy (non-hydrogen) atoms. The first kappa shape index (κ1) is 23.9. The van der Waals surface area contributed by atoms with Gasteiger partial charge in [0.05, 0.1) is 11.0 Å². The summed E-state index contributed by atoms with van der Waals surface area (Å²) in [5.74, 6) is 1.65. The van der Waals surface area contributed by atoms with E-state index in [0.29, 0.717) is 0 Å². The average Bonchev–Trinajstić information content (AvgIpc) is 3.65. The van der Waals surface area contributed by atoms with Gasteiger partial charge in [-0.2, -0.15) is 0 Å². The highest BCUT2D eigenvalue weighted by Gasteiger charge is 2.26. The van der Waals surface area contributed by atoms with Gasteiger partial charge in [0, 0.05) is 39.3 Å².